The van der Waals surface area contributed by atoms with Crippen LogP contribution >= 0.6 is 0 Å². The molecule has 1 aromatic carbocycles. The highest BCUT2D eigenvalue weighted by Gasteiger charge is 2.19. The monoisotopic (exact) mass is 317 g/mol. The molecule has 1 fully saturated rings. The van der Waals surface area contributed by atoms with Crippen molar-refractivity contribution in [2.75, 3.05) is 39.3 Å². The van der Waals surface area contributed by atoms with Gasteiger partial charge in [-0.15, -0.1) is 0 Å². The van der Waals surface area contributed by atoms with Crippen LogP contribution in [0.25, 0.3) is 0 Å². The maximum Gasteiger partial charge on any atom is 0.317 e. The molecule has 6 heteroatoms. The predicted molar refractivity (Wildman–Crippen MR) is 86.6 cm³/mol. The van der Waals surface area contributed by atoms with Crippen LogP contribution in [-0.2, 0) is 17.6 Å². The molecule has 0 saturated carbocycles. The molecule has 1 aromatic rings. The summed E-state index contributed by atoms with van der Waals surface area (Å²) in [5, 5.41) is 2.86. The fraction of sp³-hybridized carbons (Fsp3) is 0.529. The average Bonchev–Trinajstić information content (AvgIpc) is 3.06. The number of ether oxygens (including phenoxy) is 1. The number of rotatable bonds is 5. The Morgan fingerprint density at radius 3 is 2.74 bits per heavy atom. The van der Waals surface area contributed by atoms with Crippen LogP contribution in [0.2, 0.25) is 0 Å². The minimum absolute atomic E-state index is 0.0897. The SMILES string of the molecule is O=CN1CCN(C(=O)NCCOc2ccc3c(c2)CCC3)CC1. The van der Waals surface area contributed by atoms with E-state index < -0.39 is 0 Å². The van der Waals surface area contributed by atoms with Gasteiger partial charge in [-0.3, -0.25) is 4.79 Å². The predicted octanol–water partition coefficient (Wildman–Crippen LogP) is 1.04. The van der Waals surface area contributed by atoms with Crippen LogP contribution in [0, 0.1) is 0 Å². The molecule has 1 aliphatic carbocycles. The van der Waals surface area contributed by atoms with Crippen molar-refractivity contribution in [3.8, 4) is 5.75 Å². The summed E-state index contributed by atoms with van der Waals surface area (Å²) >= 11 is 0. The second-order valence-corrected chi connectivity index (χ2v) is 5.99. The molecule has 6 nitrogen and oxygen atoms in total. The molecule has 0 bridgehead atoms. The third kappa shape index (κ3) is 3.94. The number of carbonyl (C=O) groups is 2. The van der Waals surface area contributed by atoms with E-state index in [1.807, 2.05) is 6.07 Å². The smallest absolute Gasteiger partial charge is 0.317 e. The van der Waals surface area contributed by atoms with Crippen LogP contribution in [0.5, 0.6) is 5.75 Å². The summed E-state index contributed by atoms with van der Waals surface area (Å²) in [5.74, 6) is 0.875. The minimum atomic E-state index is -0.0897. The molecule has 1 saturated heterocycles. The Bertz CT molecular complexity index is 568. The minimum Gasteiger partial charge on any atom is -0.492 e. The van der Waals surface area contributed by atoms with Crippen LogP contribution < -0.4 is 10.1 Å². The number of amides is 3. The first-order valence-electron chi connectivity index (χ1n) is 8.23. The summed E-state index contributed by atoms with van der Waals surface area (Å²) < 4.78 is 5.72. The van der Waals surface area contributed by atoms with E-state index in [-0.39, 0.29) is 6.03 Å². The van der Waals surface area contributed by atoms with Crippen molar-refractivity contribution in [2.45, 2.75) is 19.3 Å². The maximum absolute atomic E-state index is 12.0. The van der Waals surface area contributed by atoms with E-state index in [2.05, 4.69) is 17.4 Å². The van der Waals surface area contributed by atoms with E-state index in [0.717, 1.165) is 18.6 Å². The molecular weight excluding hydrogens is 294 g/mol. The fourth-order valence-electron chi connectivity index (χ4n) is 3.11. The lowest BCUT2D eigenvalue weighted by molar-refractivity contribution is -0.119. The van der Waals surface area contributed by atoms with Crippen LogP contribution in [-0.4, -0.2) is 61.6 Å². The van der Waals surface area contributed by atoms with Gasteiger partial charge in [0.2, 0.25) is 6.41 Å². The highest BCUT2D eigenvalue weighted by molar-refractivity contribution is 5.74. The Balaban J connectivity index is 1.36. The number of benzene rings is 1. The van der Waals surface area contributed by atoms with Gasteiger partial charge in [-0.2, -0.15) is 0 Å². The number of piperazine rings is 1. The lowest BCUT2D eigenvalue weighted by Gasteiger charge is -2.32. The first-order valence-corrected chi connectivity index (χ1v) is 8.23. The maximum atomic E-state index is 12.0. The zero-order valence-electron chi connectivity index (χ0n) is 13.3. The molecule has 0 aromatic heterocycles. The number of fused-ring (bicyclic) bond motifs is 1. The number of hydrogen-bond acceptors (Lipinski definition) is 3. The van der Waals surface area contributed by atoms with Crippen molar-refractivity contribution < 1.29 is 14.3 Å². The number of nitrogens with one attached hydrogen (secondary N) is 1. The van der Waals surface area contributed by atoms with Crippen molar-refractivity contribution >= 4 is 12.4 Å². The van der Waals surface area contributed by atoms with Gasteiger partial charge in [-0.25, -0.2) is 4.79 Å². The zero-order chi connectivity index (χ0) is 16.1. The van der Waals surface area contributed by atoms with Crippen molar-refractivity contribution in [1.82, 2.24) is 15.1 Å². The molecule has 3 rings (SSSR count). The zero-order valence-corrected chi connectivity index (χ0v) is 13.3. The number of urea groups is 1. The second kappa shape index (κ2) is 7.35. The molecule has 2 aliphatic rings. The topological polar surface area (TPSA) is 61.9 Å². The van der Waals surface area contributed by atoms with Gasteiger partial charge >= 0.3 is 6.03 Å². The van der Waals surface area contributed by atoms with Gasteiger partial charge in [0.05, 0.1) is 6.54 Å². The summed E-state index contributed by atoms with van der Waals surface area (Å²) in [6, 6.07) is 6.17. The van der Waals surface area contributed by atoms with E-state index in [1.165, 1.54) is 24.0 Å². The number of hydrogen-bond donors (Lipinski definition) is 1. The lowest BCUT2D eigenvalue weighted by atomic mass is 10.1. The molecule has 124 valence electrons. The van der Waals surface area contributed by atoms with Gasteiger partial charge in [0.1, 0.15) is 12.4 Å². The summed E-state index contributed by atoms with van der Waals surface area (Å²) in [6.45, 7) is 3.29. The first kappa shape index (κ1) is 15.6. The second-order valence-electron chi connectivity index (χ2n) is 5.99. The molecule has 1 heterocycles. The van der Waals surface area contributed by atoms with Crippen LogP contribution in [0.4, 0.5) is 4.79 Å². The highest BCUT2D eigenvalue weighted by atomic mass is 16.5. The van der Waals surface area contributed by atoms with Gasteiger partial charge in [0.25, 0.3) is 0 Å². The number of nitrogens with zero attached hydrogens (tertiary/aromatic N) is 2. The lowest BCUT2D eigenvalue weighted by Crippen LogP contribution is -2.51. The summed E-state index contributed by atoms with van der Waals surface area (Å²) in [5.41, 5.74) is 2.82. The van der Waals surface area contributed by atoms with Crippen LogP contribution in [0.1, 0.15) is 17.5 Å². The molecule has 0 spiro atoms. The fourth-order valence-corrected chi connectivity index (χ4v) is 3.11. The molecule has 3 amide bonds. The molecule has 0 atom stereocenters. The van der Waals surface area contributed by atoms with Gasteiger partial charge in [-0.05, 0) is 42.5 Å². The van der Waals surface area contributed by atoms with E-state index in [4.69, 9.17) is 4.74 Å². The van der Waals surface area contributed by atoms with Gasteiger partial charge in [0, 0.05) is 26.2 Å². The Kier molecular flexibility index (Phi) is 5.00. The van der Waals surface area contributed by atoms with Crippen LogP contribution in [0.3, 0.4) is 0 Å². The van der Waals surface area contributed by atoms with Crippen LogP contribution in [0.15, 0.2) is 18.2 Å². The Morgan fingerprint density at radius 1 is 1.17 bits per heavy atom. The molecule has 0 unspecified atom stereocenters. The summed E-state index contributed by atoms with van der Waals surface area (Å²) in [7, 11) is 0. The Labute approximate surface area is 136 Å². The molecule has 23 heavy (non-hydrogen) atoms. The third-order valence-corrected chi connectivity index (χ3v) is 4.47. The van der Waals surface area contributed by atoms with E-state index >= 15 is 0 Å². The van der Waals surface area contributed by atoms with E-state index in [1.54, 1.807) is 9.80 Å². The van der Waals surface area contributed by atoms with Gasteiger partial charge in [-0.1, -0.05) is 6.07 Å². The standard InChI is InChI=1S/C17H23N3O3/c21-13-19-7-9-20(10-8-19)17(22)18-6-11-23-16-5-4-14-2-1-3-15(14)12-16/h4-5,12-13H,1-3,6-11H2,(H,18,22). The normalized spacial score (nSPS) is 16.9. The largest absolute Gasteiger partial charge is 0.492 e. The Hall–Kier alpha value is -2.24. The average molecular weight is 317 g/mol. The Morgan fingerprint density at radius 2 is 1.96 bits per heavy atom. The molecule has 0 radical (unpaired) electrons. The first-order chi connectivity index (χ1) is 11.3. The summed E-state index contributed by atoms with van der Waals surface area (Å²) in [4.78, 5) is 26.1. The van der Waals surface area contributed by atoms with Crippen molar-refractivity contribution in [3.05, 3.63) is 29.3 Å². The quantitative estimate of drug-likeness (QED) is 0.652. The van der Waals surface area contributed by atoms with Crippen molar-refractivity contribution in [3.63, 3.8) is 0 Å². The number of aryl methyl sites for hydroxylation is 2. The number of carbonyl (C=O) groups excluding carboxylic acids is 2. The summed E-state index contributed by atoms with van der Waals surface area (Å²) in [6.07, 6.45) is 4.37. The van der Waals surface area contributed by atoms with Crippen molar-refractivity contribution in [1.29, 1.82) is 0 Å². The van der Waals surface area contributed by atoms with Crippen molar-refractivity contribution in [2.24, 2.45) is 0 Å². The molecule has 1 N–H and O–H groups in total. The highest BCUT2D eigenvalue weighted by Crippen LogP contribution is 2.25. The van der Waals surface area contributed by atoms with Gasteiger partial charge < -0.3 is 19.9 Å². The molecular formula is C17H23N3O3. The van der Waals surface area contributed by atoms with Gasteiger partial charge in [0.15, 0.2) is 0 Å². The third-order valence-electron chi connectivity index (χ3n) is 4.47. The van der Waals surface area contributed by atoms with E-state index in [0.29, 0.717) is 39.3 Å². The van der Waals surface area contributed by atoms with E-state index in [9.17, 15) is 9.59 Å². The molecule has 1 aliphatic heterocycles.